The van der Waals surface area contributed by atoms with Crippen LogP contribution in [0, 0.1) is 0 Å². The predicted octanol–water partition coefficient (Wildman–Crippen LogP) is 1.77. The predicted molar refractivity (Wildman–Crippen MR) is 73.7 cm³/mol. The topological polar surface area (TPSA) is 72.9 Å². The number of esters is 1. The van der Waals surface area contributed by atoms with Gasteiger partial charge in [-0.3, -0.25) is 9.69 Å². The summed E-state index contributed by atoms with van der Waals surface area (Å²) in [5.41, 5.74) is 0.648. The quantitative estimate of drug-likeness (QED) is 0.622. The maximum atomic E-state index is 13.1. The van der Waals surface area contributed by atoms with Crippen molar-refractivity contribution >= 4 is 17.8 Å². The largest absolute Gasteiger partial charge is 0.467 e. The van der Waals surface area contributed by atoms with Gasteiger partial charge in [-0.25, -0.2) is 18.4 Å². The van der Waals surface area contributed by atoms with E-state index in [1.807, 2.05) is 0 Å². The second kappa shape index (κ2) is 7.17. The van der Waals surface area contributed by atoms with Gasteiger partial charge in [-0.2, -0.15) is 0 Å². The van der Waals surface area contributed by atoms with Gasteiger partial charge in [-0.1, -0.05) is 30.3 Å². The fourth-order valence-corrected chi connectivity index (χ4v) is 2.36. The van der Waals surface area contributed by atoms with Gasteiger partial charge in [-0.05, 0) is 5.56 Å². The highest BCUT2D eigenvalue weighted by atomic mass is 19.3. The van der Waals surface area contributed by atoms with E-state index in [9.17, 15) is 23.2 Å². The van der Waals surface area contributed by atoms with Gasteiger partial charge in [0, 0.05) is 6.42 Å². The number of hydrogen-bond donors (Lipinski definition) is 0. The summed E-state index contributed by atoms with van der Waals surface area (Å²) in [5, 5.41) is 0. The number of alkyl halides is 2. The van der Waals surface area contributed by atoms with Crippen LogP contribution in [-0.2, 0) is 25.7 Å². The summed E-state index contributed by atoms with van der Waals surface area (Å²) in [5.74, 6) is -1.85. The monoisotopic (exact) mass is 327 g/mol. The summed E-state index contributed by atoms with van der Waals surface area (Å²) in [6.07, 6.45) is -4.74. The molecule has 0 radical (unpaired) electrons. The molecule has 1 aliphatic heterocycles. The minimum Gasteiger partial charge on any atom is -0.467 e. The summed E-state index contributed by atoms with van der Waals surface area (Å²) < 4.78 is 35.5. The molecule has 0 saturated carbocycles. The van der Waals surface area contributed by atoms with Gasteiger partial charge < -0.3 is 9.47 Å². The minimum atomic E-state index is -2.97. The van der Waals surface area contributed by atoms with E-state index < -0.39 is 42.8 Å². The standard InChI is InChI=1S/C15H15F2NO5/c1-22-14(20)12-11(19)7-10(13(16)17)18(12)15(21)23-8-9-5-3-2-4-6-9/h2-6,10,12-13H,7-8H2,1H3. The number of halogens is 2. The van der Waals surface area contributed by atoms with Crippen LogP contribution in [0.4, 0.5) is 13.6 Å². The number of ether oxygens (including phenoxy) is 2. The molecule has 1 amide bonds. The molecule has 8 heteroatoms. The van der Waals surface area contributed by atoms with Crippen LogP contribution in [0.3, 0.4) is 0 Å². The molecule has 1 aliphatic rings. The summed E-state index contributed by atoms with van der Waals surface area (Å²) in [6, 6.07) is 5.20. The number of benzene rings is 1. The first-order valence-electron chi connectivity index (χ1n) is 6.83. The molecule has 2 unspecified atom stereocenters. The van der Waals surface area contributed by atoms with Gasteiger partial charge in [-0.15, -0.1) is 0 Å². The van der Waals surface area contributed by atoms with Gasteiger partial charge in [0.1, 0.15) is 12.6 Å². The van der Waals surface area contributed by atoms with Crippen LogP contribution in [0.25, 0.3) is 0 Å². The van der Waals surface area contributed by atoms with Crippen LogP contribution in [-0.4, -0.2) is 48.4 Å². The van der Waals surface area contributed by atoms with Gasteiger partial charge in [0.15, 0.2) is 11.8 Å². The Bertz CT molecular complexity index is 593. The van der Waals surface area contributed by atoms with Crippen molar-refractivity contribution < 1.29 is 32.6 Å². The van der Waals surface area contributed by atoms with E-state index in [-0.39, 0.29) is 6.61 Å². The molecule has 1 heterocycles. The summed E-state index contributed by atoms with van der Waals surface area (Å²) in [6.45, 7) is -0.159. The molecule has 23 heavy (non-hydrogen) atoms. The Morgan fingerprint density at radius 3 is 2.52 bits per heavy atom. The van der Waals surface area contributed by atoms with Crippen molar-refractivity contribution in [2.45, 2.75) is 31.5 Å². The molecule has 0 bridgehead atoms. The number of Topliss-reactive ketones (excluding diaryl/α,β-unsaturated/α-hetero) is 1. The molecule has 0 N–H and O–H groups in total. The zero-order chi connectivity index (χ0) is 17.0. The fourth-order valence-electron chi connectivity index (χ4n) is 2.36. The maximum absolute atomic E-state index is 13.1. The SMILES string of the molecule is COC(=O)C1C(=O)CC(C(F)F)N1C(=O)OCc1ccccc1. The highest BCUT2D eigenvalue weighted by molar-refractivity contribution is 6.07. The average molecular weight is 327 g/mol. The number of methoxy groups -OCH3 is 1. The Morgan fingerprint density at radius 1 is 1.30 bits per heavy atom. The Balaban J connectivity index is 2.15. The van der Waals surface area contributed by atoms with Crippen molar-refractivity contribution in [1.29, 1.82) is 0 Å². The normalized spacial score (nSPS) is 20.7. The molecule has 124 valence electrons. The van der Waals surface area contributed by atoms with Gasteiger partial charge in [0.05, 0.1) is 7.11 Å². The van der Waals surface area contributed by atoms with E-state index in [0.29, 0.717) is 10.5 Å². The number of hydrogen-bond acceptors (Lipinski definition) is 5. The maximum Gasteiger partial charge on any atom is 0.411 e. The van der Waals surface area contributed by atoms with Crippen molar-refractivity contribution in [1.82, 2.24) is 4.90 Å². The number of nitrogens with zero attached hydrogens (tertiary/aromatic N) is 1. The highest BCUT2D eigenvalue weighted by Crippen LogP contribution is 2.27. The number of carbonyl (C=O) groups is 3. The first kappa shape index (κ1) is 16.9. The minimum absolute atomic E-state index is 0.159. The average Bonchev–Trinajstić information content (AvgIpc) is 2.90. The number of likely N-dealkylation sites (tertiary alicyclic amines) is 1. The van der Waals surface area contributed by atoms with E-state index in [1.54, 1.807) is 30.3 Å². The summed E-state index contributed by atoms with van der Waals surface area (Å²) in [4.78, 5) is 36.0. The third-order valence-electron chi connectivity index (χ3n) is 3.48. The van der Waals surface area contributed by atoms with Crippen molar-refractivity contribution in [2.75, 3.05) is 7.11 Å². The lowest BCUT2D eigenvalue weighted by atomic mass is 10.2. The molecule has 2 atom stereocenters. The Morgan fingerprint density at radius 2 is 1.96 bits per heavy atom. The number of ketones is 1. The zero-order valence-electron chi connectivity index (χ0n) is 12.3. The first-order valence-corrected chi connectivity index (χ1v) is 6.83. The van der Waals surface area contributed by atoms with Gasteiger partial charge in [0.2, 0.25) is 0 Å². The van der Waals surface area contributed by atoms with Crippen molar-refractivity contribution in [3.63, 3.8) is 0 Å². The lowest BCUT2D eigenvalue weighted by Gasteiger charge is -2.26. The first-order chi connectivity index (χ1) is 11.0. The number of carbonyl (C=O) groups excluding carboxylic acids is 3. The molecular formula is C15H15F2NO5. The Labute approximate surface area is 131 Å². The third kappa shape index (κ3) is 3.64. The van der Waals surface area contributed by atoms with Crippen LogP contribution in [0.15, 0.2) is 30.3 Å². The molecule has 0 spiro atoms. The van der Waals surface area contributed by atoms with Crippen molar-refractivity contribution in [2.24, 2.45) is 0 Å². The molecular weight excluding hydrogens is 312 g/mol. The second-order valence-corrected chi connectivity index (χ2v) is 4.95. The van der Waals surface area contributed by atoms with Crippen molar-refractivity contribution in [3.05, 3.63) is 35.9 Å². The molecule has 0 aromatic heterocycles. The van der Waals surface area contributed by atoms with Gasteiger partial charge >= 0.3 is 12.1 Å². The smallest absolute Gasteiger partial charge is 0.411 e. The summed E-state index contributed by atoms with van der Waals surface area (Å²) >= 11 is 0. The van der Waals surface area contributed by atoms with E-state index in [4.69, 9.17) is 4.74 Å². The van der Waals surface area contributed by atoms with Gasteiger partial charge in [0.25, 0.3) is 6.43 Å². The fraction of sp³-hybridized carbons (Fsp3) is 0.400. The third-order valence-corrected chi connectivity index (χ3v) is 3.48. The van der Waals surface area contributed by atoms with E-state index in [0.717, 1.165) is 7.11 Å². The zero-order valence-corrected chi connectivity index (χ0v) is 12.3. The van der Waals surface area contributed by atoms with Crippen LogP contribution in [0.1, 0.15) is 12.0 Å². The van der Waals surface area contributed by atoms with Crippen LogP contribution in [0.2, 0.25) is 0 Å². The van der Waals surface area contributed by atoms with E-state index >= 15 is 0 Å². The molecule has 2 rings (SSSR count). The lowest BCUT2D eigenvalue weighted by molar-refractivity contribution is -0.148. The molecule has 1 saturated heterocycles. The molecule has 1 aromatic rings. The van der Waals surface area contributed by atoms with E-state index in [1.165, 1.54) is 0 Å². The lowest BCUT2D eigenvalue weighted by Crippen LogP contribution is -2.49. The molecule has 0 aliphatic carbocycles. The number of amides is 1. The molecule has 1 aromatic carbocycles. The van der Waals surface area contributed by atoms with E-state index in [2.05, 4.69) is 4.74 Å². The van der Waals surface area contributed by atoms with Crippen molar-refractivity contribution in [3.8, 4) is 0 Å². The highest BCUT2D eigenvalue weighted by Gasteiger charge is 2.51. The molecule has 6 nitrogen and oxygen atoms in total. The summed E-state index contributed by atoms with van der Waals surface area (Å²) in [7, 11) is 1.01. The van der Waals surface area contributed by atoms with Crippen LogP contribution < -0.4 is 0 Å². The second-order valence-electron chi connectivity index (χ2n) is 4.95. The Kier molecular flexibility index (Phi) is 5.25. The number of rotatable bonds is 4. The van der Waals surface area contributed by atoms with Crippen LogP contribution in [0.5, 0.6) is 0 Å². The Hall–Kier alpha value is -2.51. The molecule has 1 fully saturated rings. The van der Waals surface area contributed by atoms with Crippen LogP contribution >= 0.6 is 0 Å².